The molecule has 0 bridgehead atoms. The number of para-hydroxylation sites is 1. The fourth-order valence-corrected chi connectivity index (χ4v) is 3.08. The molecule has 2 aromatic carbocycles. The van der Waals surface area contributed by atoms with Gasteiger partial charge in [-0.2, -0.15) is 0 Å². The second-order valence-corrected chi connectivity index (χ2v) is 8.81. The van der Waals surface area contributed by atoms with Crippen LogP contribution in [0, 0.1) is 24.2 Å². The summed E-state index contributed by atoms with van der Waals surface area (Å²) in [7, 11) is 0. The molecule has 0 radical (unpaired) electrons. The normalized spacial score (nSPS) is 10.8. The molecule has 1 N–H and O–H groups in total. The van der Waals surface area contributed by atoms with Crippen molar-refractivity contribution >= 4 is 27.5 Å². The number of hydrogen-bond donors (Lipinski definition) is 1. The number of halogens is 1. The van der Waals surface area contributed by atoms with Crippen molar-refractivity contribution in [3.05, 3.63) is 87.9 Å². The molecule has 0 saturated heterocycles. The molecule has 0 aliphatic heterocycles. The predicted molar refractivity (Wildman–Crippen MR) is 125 cm³/mol. The molecule has 0 fully saturated rings. The van der Waals surface area contributed by atoms with Crippen LogP contribution in [0.15, 0.2) is 71.2 Å². The minimum absolute atomic E-state index is 0.0866. The lowest BCUT2D eigenvalue weighted by Crippen LogP contribution is -2.14. The highest BCUT2D eigenvalue weighted by molar-refractivity contribution is 9.10. The first kappa shape index (κ1) is 20.9. The Morgan fingerprint density at radius 1 is 0.897 bits per heavy atom. The van der Waals surface area contributed by atoms with Gasteiger partial charge in [0.05, 0.1) is 11.3 Å². The molecule has 3 heteroatoms. The lowest BCUT2D eigenvalue weighted by molar-refractivity contribution is 0.102. The third-order valence-corrected chi connectivity index (χ3v) is 5.45. The second-order valence-electron chi connectivity index (χ2n) is 8.01. The van der Waals surface area contributed by atoms with Gasteiger partial charge in [-0.15, -0.1) is 0 Å². The number of amides is 1. The van der Waals surface area contributed by atoms with E-state index < -0.39 is 0 Å². The number of carbonyl (C=O) groups excluding carboxylic acids is 1. The lowest BCUT2D eigenvalue weighted by Gasteiger charge is -2.11. The van der Waals surface area contributed by atoms with Gasteiger partial charge in [-0.1, -0.05) is 60.4 Å². The lowest BCUT2D eigenvalue weighted by atomic mass is 9.95. The van der Waals surface area contributed by atoms with Crippen LogP contribution in [0.1, 0.15) is 42.3 Å². The van der Waals surface area contributed by atoms with E-state index in [4.69, 9.17) is 0 Å². The Hall–Kier alpha value is -2.83. The quantitative estimate of drug-likeness (QED) is 0.328. The topological polar surface area (TPSA) is 29.1 Å². The fraction of sp³-hybridized carbons (Fsp3) is 0.192. The number of carbonyl (C=O) groups is 1. The maximum Gasteiger partial charge on any atom is 0.256 e. The van der Waals surface area contributed by atoms with Crippen molar-refractivity contribution in [1.82, 2.24) is 0 Å². The molecule has 146 valence electrons. The van der Waals surface area contributed by atoms with E-state index >= 15 is 0 Å². The SMILES string of the molecule is Cc1cccc(C(=O)Nc2ccccc2C#CC(C)(C)C)c1Br.c1cc2ccc1-2. The molecule has 4 rings (SSSR count). The Balaban J connectivity index is 0.000000334. The molecule has 0 heterocycles. The van der Waals surface area contributed by atoms with E-state index in [0.717, 1.165) is 21.3 Å². The molecule has 0 saturated carbocycles. The molecule has 0 unspecified atom stereocenters. The monoisotopic (exact) mass is 445 g/mol. The summed E-state index contributed by atoms with van der Waals surface area (Å²) in [6.45, 7) is 8.14. The van der Waals surface area contributed by atoms with Crippen LogP contribution in [0.25, 0.3) is 11.1 Å². The molecule has 2 nitrogen and oxygen atoms in total. The molecule has 0 aromatic heterocycles. The summed E-state index contributed by atoms with van der Waals surface area (Å²) < 4.78 is 0.816. The van der Waals surface area contributed by atoms with Crippen LogP contribution >= 0.6 is 15.9 Å². The van der Waals surface area contributed by atoms with Gasteiger partial charge < -0.3 is 5.32 Å². The molecule has 29 heavy (non-hydrogen) atoms. The van der Waals surface area contributed by atoms with Gasteiger partial charge in [-0.25, -0.2) is 0 Å². The zero-order chi connectivity index (χ0) is 21.0. The Morgan fingerprint density at radius 2 is 1.52 bits per heavy atom. The van der Waals surface area contributed by atoms with E-state index in [1.165, 1.54) is 11.1 Å². The Bertz CT molecular complexity index is 1080. The Labute approximate surface area is 181 Å². The summed E-state index contributed by atoms with van der Waals surface area (Å²) in [4.78, 5) is 12.6. The first-order valence-electron chi connectivity index (χ1n) is 9.54. The summed E-state index contributed by atoms with van der Waals surface area (Å²) in [5, 5.41) is 2.96. The van der Waals surface area contributed by atoms with Crippen LogP contribution in [-0.2, 0) is 0 Å². The first-order chi connectivity index (χ1) is 13.7. The molecule has 2 aliphatic rings. The van der Waals surface area contributed by atoms with Crippen molar-refractivity contribution in [2.24, 2.45) is 5.41 Å². The van der Waals surface area contributed by atoms with Gasteiger partial charge in [-0.3, -0.25) is 4.79 Å². The summed E-state index contributed by atoms with van der Waals surface area (Å²) in [6.07, 6.45) is 0. The molecule has 0 spiro atoms. The zero-order valence-electron chi connectivity index (χ0n) is 17.1. The number of rotatable bonds is 2. The first-order valence-corrected chi connectivity index (χ1v) is 10.3. The number of anilines is 1. The Morgan fingerprint density at radius 3 is 2.07 bits per heavy atom. The Kier molecular flexibility index (Phi) is 6.25. The van der Waals surface area contributed by atoms with Crippen LogP contribution in [0.4, 0.5) is 5.69 Å². The van der Waals surface area contributed by atoms with E-state index in [1.807, 2.05) is 43.3 Å². The van der Waals surface area contributed by atoms with Crippen molar-refractivity contribution in [2.45, 2.75) is 27.7 Å². The summed E-state index contributed by atoms with van der Waals surface area (Å²) in [5.74, 6) is 6.21. The number of hydrogen-bond acceptors (Lipinski definition) is 1. The molecular weight excluding hydrogens is 422 g/mol. The number of fused-ring (bicyclic) bond motifs is 1. The van der Waals surface area contributed by atoms with Crippen LogP contribution in [-0.4, -0.2) is 5.91 Å². The largest absolute Gasteiger partial charge is 0.321 e. The molecule has 1 amide bonds. The van der Waals surface area contributed by atoms with Crippen molar-refractivity contribution in [2.75, 3.05) is 5.32 Å². The number of benzene rings is 3. The van der Waals surface area contributed by atoms with Gasteiger partial charge in [0.15, 0.2) is 0 Å². The fourth-order valence-electron chi connectivity index (χ4n) is 2.63. The summed E-state index contributed by atoms with van der Waals surface area (Å²) >= 11 is 3.48. The van der Waals surface area contributed by atoms with E-state index in [9.17, 15) is 4.79 Å². The van der Waals surface area contributed by atoms with Crippen molar-refractivity contribution < 1.29 is 4.79 Å². The van der Waals surface area contributed by atoms with Gasteiger partial charge in [0.25, 0.3) is 5.91 Å². The summed E-state index contributed by atoms with van der Waals surface area (Å²) in [6, 6.07) is 21.7. The highest BCUT2D eigenvalue weighted by Gasteiger charge is 2.13. The maximum absolute atomic E-state index is 12.6. The van der Waals surface area contributed by atoms with Gasteiger partial charge in [0.1, 0.15) is 0 Å². The number of nitrogens with one attached hydrogen (secondary N) is 1. The van der Waals surface area contributed by atoms with Crippen molar-refractivity contribution in [3.8, 4) is 23.0 Å². The van der Waals surface area contributed by atoms with Gasteiger partial charge in [0, 0.05) is 15.5 Å². The van der Waals surface area contributed by atoms with Gasteiger partial charge in [0.2, 0.25) is 0 Å². The minimum atomic E-state index is -0.148. The average Bonchev–Trinajstić information content (AvgIpc) is 2.66. The highest BCUT2D eigenvalue weighted by Crippen LogP contribution is 2.29. The molecule has 2 aromatic rings. The predicted octanol–water partition coefficient (Wildman–Crippen LogP) is 7.07. The van der Waals surface area contributed by atoms with Crippen LogP contribution in [0.2, 0.25) is 0 Å². The third kappa shape index (κ3) is 5.37. The standard InChI is InChI=1S/C20H20BrNO.C6H4/c1-14-8-7-10-16(18(14)21)19(23)22-17-11-6-5-9-15(17)12-13-20(2,3)4;1-2-6-4-3-5(1)6/h5-11H,1-4H3,(H,22,23);1-4H. The van der Waals surface area contributed by atoms with E-state index in [0.29, 0.717) is 5.56 Å². The average molecular weight is 446 g/mol. The van der Waals surface area contributed by atoms with E-state index in [2.05, 4.69) is 78.1 Å². The van der Waals surface area contributed by atoms with Crippen molar-refractivity contribution in [1.29, 1.82) is 0 Å². The van der Waals surface area contributed by atoms with Gasteiger partial charge >= 0.3 is 0 Å². The second kappa shape index (κ2) is 8.68. The van der Waals surface area contributed by atoms with Crippen LogP contribution < -0.4 is 5.32 Å². The van der Waals surface area contributed by atoms with Gasteiger partial charge in [-0.05, 0) is 78.5 Å². The highest BCUT2D eigenvalue weighted by atomic mass is 79.9. The molecular formula is C26H24BrNO. The van der Waals surface area contributed by atoms with E-state index in [1.54, 1.807) is 6.07 Å². The minimum Gasteiger partial charge on any atom is -0.321 e. The van der Waals surface area contributed by atoms with E-state index in [-0.39, 0.29) is 11.3 Å². The van der Waals surface area contributed by atoms with Crippen LogP contribution in [0.3, 0.4) is 0 Å². The molecule has 0 atom stereocenters. The summed E-state index contributed by atoms with van der Waals surface area (Å²) in [5.41, 5.74) is 5.95. The smallest absolute Gasteiger partial charge is 0.256 e. The van der Waals surface area contributed by atoms with Crippen LogP contribution in [0.5, 0.6) is 0 Å². The van der Waals surface area contributed by atoms with Crippen molar-refractivity contribution in [3.63, 3.8) is 0 Å². The molecule has 2 aliphatic carbocycles. The zero-order valence-corrected chi connectivity index (χ0v) is 18.7. The third-order valence-electron chi connectivity index (χ3n) is 4.40. The number of aryl methyl sites for hydroxylation is 1. The maximum atomic E-state index is 12.6.